The highest BCUT2D eigenvalue weighted by Crippen LogP contribution is 2.40. The molecule has 2 fully saturated rings. The van der Waals surface area contributed by atoms with Crippen molar-refractivity contribution in [2.75, 3.05) is 20.3 Å². The minimum Gasteiger partial charge on any atom is -0.496 e. The van der Waals surface area contributed by atoms with E-state index in [0.29, 0.717) is 17.2 Å². The fourth-order valence-corrected chi connectivity index (χ4v) is 5.17. The summed E-state index contributed by atoms with van der Waals surface area (Å²) in [5.74, 6) is 0.160. The maximum absolute atomic E-state index is 13.9. The highest BCUT2D eigenvalue weighted by molar-refractivity contribution is 9.10. The van der Waals surface area contributed by atoms with Gasteiger partial charge in [-0.3, -0.25) is 9.59 Å². The van der Waals surface area contributed by atoms with E-state index in [1.807, 2.05) is 27.0 Å². The molecule has 1 aromatic carbocycles. The van der Waals surface area contributed by atoms with E-state index in [-0.39, 0.29) is 25.5 Å². The number of hydrogen-bond acceptors (Lipinski definition) is 7. The van der Waals surface area contributed by atoms with Crippen LogP contribution in [0.15, 0.2) is 28.9 Å². The Morgan fingerprint density at radius 2 is 2.03 bits per heavy atom. The summed E-state index contributed by atoms with van der Waals surface area (Å²) in [5.41, 5.74) is 0.959. The van der Waals surface area contributed by atoms with Crippen LogP contribution in [-0.2, 0) is 9.59 Å². The lowest BCUT2D eigenvalue weighted by Gasteiger charge is -2.35. The Labute approximate surface area is 219 Å². The summed E-state index contributed by atoms with van der Waals surface area (Å²) in [4.78, 5) is 28.7. The van der Waals surface area contributed by atoms with Crippen molar-refractivity contribution in [2.45, 2.75) is 70.2 Å². The van der Waals surface area contributed by atoms with Crippen LogP contribution in [0.25, 0.3) is 0 Å². The number of aromatic nitrogens is 3. The van der Waals surface area contributed by atoms with Gasteiger partial charge in [-0.25, -0.2) is 4.68 Å². The van der Waals surface area contributed by atoms with Gasteiger partial charge in [-0.1, -0.05) is 41.9 Å². The Morgan fingerprint density at radius 1 is 1.31 bits per heavy atom. The first-order valence-corrected chi connectivity index (χ1v) is 13.0. The zero-order chi connectivity index (χ0) is 26.2. The summed E-state index contributed by atoms with van der Waals surface area (Å²) in [7, 11) is 1.52. The lowest BCUT2D eigenvalue weighted by atomic mass is 9.85. The van der Waals surface area contributed by atoms with Crippen molar-refractivity contribution in [3.05, 3.63) is 40.1 Å². The zero-order valence-corrected chi connectivity index (χ0v) is 22.6. The lowest BCUT2D eigenvalue weighted by Crippen LogP contribution is -2.51. The Morgan fingerprint density at radius 3 is 2.64 bits per heavy atom. The molecule has 0 bridgehead atoms. The fourth-order valence-electron chi connectivity index (χ4n) is 4.79. The third kappa shape index (κ3) is 5.57. The number of carbonyl (C=O) groups is 2. The van der Waals surface area contributed by atoms with Gasteiger partial charge in [0, 0.05) is 35.1 Å². The van der Waals surface area contributed by atoms with Crippen molar-refractivity contribution < 1.29 is 24.5 Å². The second kappa shape index (κ2) is 10.5. The molecule has 2 aromatic rings. The third-order valence-electron chi connectivity index (χ3n) is 6.77. The molecule has 3 N–H and O–H groups in total. The number of likely N-dealkylation sites (tertiary alicyclic amines) is 1. The van der Waals surface area contributed by atoms with Gasteiger partial charge in [0.2, 0.25) is 11.8 Å². The van der Waals surface area contributed by atoms with Gasteiger partial charge < -0.3 is 25.2 Å². The van der Waals surface area contributed by atoms with Gasteiger partial charge in [0.15, 0.2) is 0 Å². The van der Waals surface area contributed by atoms with Crippen LogP contribution < -0.4 is 10.1 Å². The number of aliphatic hydroxyl groups excluding tert-OH is 2. The second-order valence-corrected chi connectivity index (χ2v) is 11.6. The zero-order valence-electron chi connectivity index (χ0n) is 21.0. The van der Waals surface area contributed by atoms with Gasteiger partial charge >= 0.3 is 0 Å². The molecule has 1 saturated carbocycles. The molecule has 196 valence electrons. The largest absolute Gasteiger partial charge is 0.496 e. The molecule has 0 radical (unpaired) electrons. The molecular formula is C25H34BrN5O5. The quantitative estimate of drug-likeness (QED) is 0.449. The number of β-amino-alcohol motifs (C(OH)–C–C–N with tert-alkyl or cyclic N) is 1. The molecule has 4 rings (SSSR count). The predicted octanol–water partition coefficient (Wildman–Crippen LogP) is 2.33. The SMILES string of the molecule is COc1ccc(Br)cc1C(CO)NC(=O)[C@@H]1C[C@@H](O)CN1C(=O)[C@@H](n1cc(C2CC2)nn1)C(C)(C)C. The summed E-state index contributed by atoms with van der Waals surface area (Å²) >= 11 is 3.41. The van der Waals surface area contributed by atoms with E-state index < -0.39 is 35.6 Å². The third-order valence-corrected chi connectivity index (χ3v) is 7.27. The van der Waals surface area contributed by atoms with Gasteiger partial charge in [-0.2, -0.15) is 0 Å². The number of ether oxygens (including phenoxy) is 1. The van der Waals surface area contributed by atoms with Crippen LogP contribution >= 0.6 is 15.9 Å². The first-order valence-electron chi connectivity index (χ1n) is 12.2. The maximum atomic E-state index is 13.9. The molecule has 2 heterocycles. The van der Waals surface area contributed by atoms with Gasteiger partial charge in [0.05, 0.1) is 31.6 Å². The smallest absolute Gasteiger partial charge is 0.248 e. The van der Waals surface area contributed by atoms with E-state index in [2.05, 4.69) is 31.6 Å². The number of aliphatic hydroxyl groups is 2. The number of halogens is 1. The summed E-state index contributed by atoms with van der Waals surface area (Å²) < 4.78 is 7.77. The summed E-state index contributed by atoms with van der Waals surface area (Å²) in [6, 6.07) is 2.97. The van der Waals surface area contributed by atoms with Crippen molar-refractivity contribution in [1.82, 2.24) is 25.2 Å². The number of nitrogens with zero attached hydrogens (tertiary/aromatic N) is 4. The van der Waals surface area contributed by atoms with Crippen molar-refractivity contribution in [3.8, 4) is 5.75 Å². The van der Waals surface area contributed by atoms with Crippen LogP contribution in [0.1, 0.15) is 69.3 Å². The van der Waals surface area contributed by atoms with Crippen LogP contribution in [0.4, 0.5) is 0 Å². The molecule has 11 heteroatoms. The molecule has 10 nitrogen and oxygen atoms in total. The van der Waals surface area contributed by atoms with Gasteiger partial charge in [0.25, 0.3) is 0 Å². The van der Waals surface area contributed by atoms with E-state index in [1.165, 1.54) is 12.0 Å². The fraction of sp³-hybridized carbons (Fsp3) is 0.600. The maximum Gasteiger partial charge on any atom is 0.248 e. The first kappa shape index (κ1) is 26.6. The topological polar surface area (TPSA) is 130 Å². The van der Waals surface area contributed by atoms with Gasteiger partial charge in [-0.05, 0) is 36.5 Å². The van der Waals surface area contributed by atoms with Crippen molar-refractivity contribution >= 4 is 27.7 Å². The monoisotopic (exact) mass is 563 g/mol. The molecule has 2 amide bonds. The van der Waals surface area contributed by atoms with Gasteiger partial charge in [0.1, 0.15) is 17.8 Å². The molecule has 1 unspecified atom stereocenters. The molecule has 0 spiro atoms. The number of rotatable bonds is 8. The Bertz CT molecular complexity index is 1110. The number of amides is 2. The Hall–Kier alpha value is -2.50. The minimum absolute atomic E-state index is 0.0394. The summed E-state index contributed by atoms with van der Waals surface area (Å²) in [6.07, 6.45) is 3.24. The van der Waals surface area contributed by atoms with E-state index >= 15 is 0 Å². The average Bonchev–Trinajstić information content (AvgIpc) is 3.43. The number of carbonyl (C=O) groups excluding carboxylic acids is 2. The minimum atomic E-state index is -0.893. The molecule has 1 saturated heterocycles. The average molecular weight is 564 g/mol. The molecule has 1 aliphatic carbocycles. The van der Waals surface area contributed by atoms with Gasteiger partial charge in [-0.15, -0.1) is 5.10 Å². The predicted molar refractivity (Wildman–Crippen MR) is 135 cm³/mol. The summed E-state index contributed by atoms with van der Waals surface area (Å²) in [6.45, 7) is 5.50. The van der Waals surface area contributed by atoms with Crippen LogP contribution in [0.2, 0.25) is 0 Å². The number of nitrogens with one attached hydrogen (secondary N) is 1. The van der Waals surface area contributed by atoms with E-state index in [4.69, 9.17) is 4.74 Å². The highest BCUT2D eigenvalue weighted by Gasteiger charge is 2.45. The molecule has 2 aliphatic rings. The highest BCUT2D eigenvalue weighted by atomic mass is 79.9. The van der Waals surface area contributed by atoms with Crippen LogP contribution in [0, 0.1) is 5.41 Å². The Kier molecular flexibility index (Phi) is 7.72. The van der Waals surface area contributed by atoms with Crippen LogP contribution in [0.3, 0.4) is 0 Å². The van der Waals surface area contributed by atoms with Crippen molar-refractivity contribution in [2.24, 2.45) is 5.41 Å². The van der Waals surface area contributed by atoms with Crippen molar-refractivity contribution in [1.29, 1.82) is 0 Å². The molecule has 1 aromatic heterocycles. The summed E-state index contributed by atoms with van der Waals surface area (Å²) in [5, 5.41) is 31.9. The van der Waals surface area contributed by atoms with E-state index in [9.17, 15) is 19.8 Å². The molecule has 36 heavy (non-hydrogen) atoms. The van der Waals surface area contributed by atoms with Crippen LogP contribution in [0.5, 0.6) is 5.75 Å². The van der Waals surface area contributed by atoms with E-state index in [0.717, 1.165) is 23.0 Å². The molecule has 1 aliphatic heterocycles. The van der Waals surface area contributed by atoms with Crippen molar-refractivity contribution in [3.63, 3.8) is 0 Å². The number of hydrogen-bond donors (Lipinski definition) is 3. The second-order valence-electron chi connectivity index (χ2n) is 10.7. The Balaban J connectivity index is 1.57. The first-order chi connectivity index (χ1) is 17.0. The van der Waals surface area contributed by atoms with Crippen LogP contribution in [-0.4, -0.2) is 74.3 Å². The molecule has 4 atom stereocenters. The standard InChI is InChI=1S/C25H34BrN5O5/c1-25(2,3)22(31-12-18(28-29-31)14-5-6-14)24(35)30-11-16(33)10-20(30)23(34)27-19(13-32)17-9-15(26)7-8-21(17)36-4/h7-9,12,14,16,19-20,22,32-33H,5-6,10-11,13H2,1-4H3,(H,27,34)/t16-,19?,20+,22-/m1/s1. The normalized spacial score (nSPS) is 21.8. The molecular weight excluding hydrogens is 530 g/mol. The lowest BCUT2D eigenvalue weighted by molar-refractivity contribution is -0.144. The van der Waals surface area contributed by atoms with E-state index in [1.54, 1.807) is 22.9 Å². The number of benzene rings is 1. The number of methoxy groups -OCH3 is 1.